The van der Waals surface area contributed by atoms with Crippen LogP contribution in [0.5, 0.6) is 5.88 Å². The molecule has 6 heteroatoms. The van der Waals surface area contributed by atoms with Crippen molar-refractivity contribution in [2.75, 3.05) is 5.73 Å². The molecule has 1 aliphatic heterocycles. The molecule has 6 nitrogen and oxygen atoms in total. The molecule has 2 aliphatic rings. The van der Waals surface area contributed by atoms with Gasteiger partial charge in [0.05, 0.1) is 11.8 Å². The summed E-state index contributed by atoms with van der Waals surface area (Å²) in [5.41, 5.74) is 9.05. The molecule has 0 saturated heterocycles. The number of nitrogens with zero attached hydrogens (tertiary/aromatic N) is 3. The van der Waals surface area contributed by atoms with Crippen LogP contribution in [0.4, 0.5) is 11.5 Å². The maximum absolute atomic E-state index is 9.81. The molecule has 1 unspecified atom stereocenters. The molecular weight excluding hydrogens is 352 g/mol. The van der Waals surface area contributed by atoms with Gasteiger partial charge >= 0.3 is 0 Å². The SMILES string of the molecule is CC(O)[C@H]1CC[C@H](c2ccc(C3=Nc4c(N)ncnc4OC3(C)C)cc2)CC1. The Hall–Kier alpha value is -2.47. The number of aliphatic imine (C=N–C) groups is 1. The number of rotatable bonds is 3. The van der Waals surface area contributed by atoms with Crippen LogP contribution in [-0.4, -0.2) is 32.5 Å². The Morgan fingerprint density at radius 1 is 1.11 bits per heavy atom. The minimum absolute atomic E-state index is 0.200. The van der Waals surface area contributed by atoms with Gasteiger partial charge in [0.2, 0.25) is 5.88 Å². The van der Waals surface area contributed by atoms with Crippen LogP contribution in [-0.2, 0) is 0 Å². The zero-order valence-corrected chi connectivity index (χ0v) is 16.7. The number of aliphatic hydroxyl groups excluding tert-OH is 1. The summed E-state index contributed by atoms with van der Waals surface area (Å²) < 4.78 is 6.06. The quantitative estimate of drug-likeness (QED) is 0.839. The number of hydrogen-bond acceptors (Lipinski definition) is 6. The average molecular weight is 380 g/mol. The topological polar surface area (TPSA) is 93.6 Å². The Bertz CT molecular complexity index is 882. The Kier molecular flexibility index (Phi) is 4.83. The maximum atomic E-state index is 9.81. The van der Waals surface area contributed by atoms with Crippen molar-refractivity contribution >= 4 is 17.2 Å². The molecule has 1 aliphatic carbocycles. The highest BCUT2D eigenvalue weighted by Crippen LogP contribution is 2.40. The van der Waals surface area contributed by atoms with Crippen molar-refractivity contribution in [1.29, 1.82) is 0 Å². The monoisotopic (exact) mass is 380 g/mol. The zero-order chi connectivity index (χ0) is 19.9. The molecule has 0 amide bonds. The summed E-state index contributed by atoms with van der Waals surface area (Å²) in [6, 6.07) is 8.62. The Morgan fingerprint density at radius 2 is 1.79 bits per heavy atom. The standard InChI is InChI=1S/C22H28N4O2/c1-13(27)14-4-6-15(7-5-14)16-8-10-17(11-9-16)19-22(2,3)28-21-18(26-19)20(23)24-12-25-21/h8-15,27H,4-7H2,1-3H3,(H2,23,24,25)/t13?,14-,15-. The normalized spacial score (nSPS) is 24.6. The number of hydrogen-bond donors (Lipinski definition) is 2. The smallest absolute Gasteiger partial charge is 0.246 e. The third kappa shape index (κ3) is 3.49. The van der Waals surface area contributed by atoms with Gasteiger partial charge in [-0.1, -0.05) is 24.3 Å². The predicted octanol–water partition coefficient (Wildman–Crippen LogP) is 4.01. The van der Waals surface area contributed by atoms with Gasteiger partial charge in [0.15, 0.2) is 11.5 Å². The number of anilines is 1. The van der Waals surface area contributed by atoms with Crippen molar-refractivity contribution in [2.45, 2.75) is 64.1 Å². The number of nitrogens with two attached hydrogens (primary N) is 1. The fourth-order valence-electron chi connectivity index (χ4n) is 4.35. The number of aliphatic hydroxyl groups is 1. The van der Waals surface area contributed by atoms with Crippen LogP contribution in [0, 0.1) is 5.92 Å². The highest BCUT2D eigenvalue weighted by molar-refractivity contribution is 6.09. The molecule has 0 radical (unpaired) electrons. The number of aromatic nitrogens is 2. The van der Waals surface area contributed by atoms with E-state index in [2.05, 4.69) is 34.2 Å². The zero-order valence-electron chi connectivity index (χ0n) is 16.7. The molecule has 2 heterocycles. The lowest BCUT2D eigenvalue weighted by Crippen LogP contribution is -2.41. The third-order valence-corrected chi connectivity index (χ3v) is 6.07. The van der Waals surface area contributed by atoms with Crippen LogP contribution in [0.2, 0.25) is 0 Å². The first-order chi connectivity index (χ1) is 13.3. The van der Waals surface area contributed by atoms with Gasteiger partial charge < -0.3 is 15.6 Å². The Labute approximate surface area is 165 Å². The van der Waals surface area contributed by atoms with E-state index in [1.54, 1.807) is 0 Å². The lowest BCUT2D eigenvalue weighted by atomic mass is 9.77. The minimum Gasteiger partial charge on any atom is -0.463 e. The maximum Gasteiger partial charge on any atom is 0.246 e. The largest absolute Gasteiger partial charge is 0.463 e. The van der Waals surface area contributed by atoms with Gasteiger partial charge in [-0.2, -0.15) is 4.98 Å². The number of benzene rings is 1. The summed E-state index contributed by atoms with van der Waals surface area (Å²) >= 11 is 0. The molecule has 1 aromatic heterocycles. The molecule has 2 aromatic rings. The van der Waals surface area contributed by atoms with Crippen LogP contribution >= 0.6 is 0 Å². The van der Waals surface area contributed by atoms with Crippen molar-refractivity contribution in [1.82, 2.24) is 9.97 Å². The van der Waals surface area contributed by atoms with E-state index in [1.165, 1.54) is 11.9 Å². The number of nitrogen functional groups attached to an aromatic ring is 1. The first-order valence-electron chi connectivity index (χ1n) is 10.0. The summed E-state index contributed by atoms with van der Waals surface area (Å²) in [7, 11) is 0. The molecule has 148 valence electrons. The lowest BCUT2D eigenvalue weighted by Gasteiger charge is -2.32. The van der Waals surface area contributed by atoms with Crippen molar-refractivity contribution < 1.29 is 9.84 Å². The predicted molar refractivity (Wildman–Crippen MR) is 110 cm³/mol. The van der Waals surface area contributed by atoms with Gasteiger partial charge in [-0.05, 0) is 63.9 Å². The molecule has 1 aromatic carbocycles. The van der Waals surface area contributed by atoms with Gasteiger partial charge in [-0.3, -0.25) is 0 Å². The average Bonchev–Trinajstić information content (AvgIpc) is 2.67. The molecule has 1 saturated carbocycles. The van der Waals surface area contributed by atoms with Gasteiger partial charge in [0.1, 0.15) is 11.9 Å². The van der Waals surface area contributed by atoms with Crippen molar-refractivity contribution in [2.24, 2.45) is 10.9 Å². The second-order valence-corrected chi connectivity index (χ2v) is 8.46. The van der Waals surface area contributed by atoms with Crippen LogP contribution in [0.1, 0.15) is 63.5 Å². The van der Waals surface area contributed by atoms with Crippen molar-refractivity contribution in [3.05, 3.63) is 41.7 Å². The van der Waals surface area contributed by atoms with E-state index < -0.39 is 5.60 Å². The van der Waals surface area contributed by atoms with Crippen molar-refractivity contribution in [3.8, 4) is 5.88 Å². The number of fused-ring (bicyclic) bond motifs is 1. The van der Waals surface area contributed by atoms with E-state index in [0.29, 0.717) is 29.2 Å². The van der Waals surface area contributed by atoms with E-state index in [4.69, 9.17) is 15.5 Å². The van der Waals surface area contributed by atoms with E-state index in [1.807, 2.05) is 20.8 Å². The molecule has 1 fully saturated rings. The fourth-order valence-corrected chi connectivity index (χ4v) is 4.35. The van der Waals surface area contributed by atoms with E-state index >= 15 is 0 Å². The Morgan fingerprint density at radius 3 is 2.43 bits per heavy atom. The number of ether oxygens (including phenoxy) is 1. The van der Waals surface area contributed by atoms with E-state index in [0.717, 1.165) is 37.0 Å². The van der Waals surface area contributed by atoms with Crippen LogP contribution in [0.15, 0.2) is 35.6 Å². The second-order valence-electron chi connectivity index (χ2n) is 8.46. The second kappa shape index (κ2) is 7.17. The van der Waals surface area contributed by atoms with Crippen LogP contribution < -0.4 is 10.5 Å². The molecule has 3 N–H and O–H groups in total. The first kappa shape index (κ1) is 18.9. The van der Waals surface area contributed by atoms with E-state index in [9.17, 15) is 5.11 Å². The van der Waals surface area contributed by atoms with E-state index in [-0.39, 0.29) is 6.10 Å². The van der Waals surface area contributed by atoms with Gasteiger partial charge in [0, 0.05) is 5.56 Å². The minimum atomic E-state index is -0.607. The summed E-state index contributed by atoms with van der Waals surface area (Å²) in [5.74, 6) is 1.75. The van der Waals surface area contributed by atoms with Crippen LogP contribution in [0.25, 0.3) is 0 Å². The molecule has 1 atom stereocenters. The molecular formula is C22H28N4O2. The molecule has 0 bridgehead atoms. The summed E-state index contributed by atoms with van der Waals surface area (Å²) in [4.78, 5) is 12.9. The lowest BCUT2D eigenvalue weighted by molar-refractivity contribution is 0.0967. The first-order valence-corrected chi connectivity index (χ1v) is 10.0. The molecule has 28 heavy (non-hydrogen) atoms. The summed E-state index contributed by atoms with van der Waals surface area (Å²) in [5, 5.41) is 9.81. The van der Waals surface area contributed by atoms with Crippen molar-refractivity contribution in [3.63, 3.8) is 0 Å². The fraction of sp³-hybridized carbons (Fsp3) is 0.500. The third-order valence-electron chi connectivity index (χ3n) is 6.07. The molecule has 4 rings (SSSR count). The summed E-state index contributed by atoms with van der Waals surface area (Å²) in [6.07, 6.45) is 5.64. The van der Waals surface area contributed by atoms with Crippen LogP contribution in [0.3, 0.4) is 0 Å². The Balaban J connectivity index is 1.58. The van der Waals surface area contributed by atoms with Gasteiger partial charge in [-0.15, -0.1) is 0 Å². The van der Waals surface area contributed by atoms with Gasteiger partial charge in [0.25, 0.3) is 0 Å². The highest BCUT2D eigenvalue weighted by Gasteiger charge is 2.35. The summed E-state index contributed by atoms with van der Waals surface area (Å²) in [6.45, 7) is 5.88. The molecule has 0 spiro atoms. The highest BCUT2D eigenvalue weighted by atomic mass is 16.5. The van der Waals surface area contributed by atoms with Gasteiger partial charge in [-0.25, -0.2) is 9.98 Å².